The van der Waals surface area contributed by atoms with Crippen molar-refractivity contribution in [2.75, 3.05) is 13.1 Å². The molecule has 0 spiro atoms. The van der Waals surface area contributed by atoms with Crippen molar-refractivity contribution in [2.45, 2.75) is 83.5 Å². The normalized spacial score (nSPS) is 32.8. The number of fused-ring (bicyclic) bond motifs is 2. The molecule has 0 radical (unpaired) electrons. The summed E-state index contributed by atoms with van der Waals surface area (Å²) >= 11 is 0. The summed E-state index contributed by atoms with van der Waals surface area (Å²) in [6, 6.07) is 0.461. The number of aliphatic imine (C=N–C) groups is 1. The van der Waals surface area contributed by atoms with Gasteiger partial charge in [0.25, 0.3) is 0 Å². The van der Waals surface area contributed by atoms with E-state index in [1.165, 1.54) is 44.9 Å². The van der Waals surface area contributed by atoms with Crippen LogP contribution < -0.4 is 10.6 Å². The van der Waals surface area contributed by atoms with E-state index >= 15 is 0 Å². The van der Waals surface area contributed by atoms with Crippen molar-refractivity contribution in [1.82, 2.24) is 10.6 Å². The zero-order valence-corrected chi connectivity index (χ0v) is 16.4. The summed E-state index contributed by atoms with van der Waals surface area (Å²) in [5.41, 5.74) is 0.466. The Morgan fingerprint density at radius 3 is 2.55 bits per heavy atom. The Morgan fingerprint density at radius 2 is 2.00 bits per heavy atom. The maximum atomic E-state index is 5.94. The molecule has 3 fully saturated rings. The van der Waals surface area contributed by atoms with Gasteiger partial charge >= 0.3 is 0 Å². The Labute approximate surface area is 152 Å². The van der Waals surface area contributed by atoms with Crippen molar-refractivity contribution in [3.8, 4) is 0 Å². The molecule has 2 saturated heterocycles. The molecule has 3 rings (SSSR count). The Balaban J connectivity index is 0.00000176. The molecule has 2 bridgehead atoms. The third-order valence-corrected chi connectivity index (χ3v) is 5.76. The fraction of sp³-hybridized carbons (Fsp3) is 0.941. The van der Waals surface area contributed by atoms with Crippen LogP contribution in [-0.2, 0) is 4.74 Å². The Bertz CT molecular complexity index is 382. The van der Waals surface area contributed by atoms with E-state index in [2.05, 4.69) is 24.5 Å². The van der Waals surface area contributed by atoms with Crippen molar-refractivity contribution in [3.05, 3.63) is 0 Å². The largest absolute Gasteiger partial charge is 0.373 e. The summed E-state index contributed by atoms with van der Waals surface area (Å²) in [5, 5.41) is 7.05. The molecule has 3 aliphatic rings. The molecule has 2 heterocycles. The third kappa shape index (κ3) is 4.08. The van der Waals surface area contributed by atoms with Crippen LogP contribution in [0.2, 0.25) is 0 Å². The Morgan fingerprint density at radius 1 is 1.23 bits per heavy atom. The molecule has 4 nitrogen and oxygen atoms in total. The van der Waals surface area contributed by atoms with Gasteiger partial charge in [0.1, 0.15) is 0 Å². The first-order chi connectivity index (χ1) is 10.2. The lowest BCUT2D eigenvalue weighted by molar-refractivity contribution is 0.0992. The molecule has 1 aliphatic carbocycles. The summed E-state index contributed by atoms with van der Waals surface area (Å²) < 4.78 is 5.94. The molecule has 0 aromatic rings. The molecular weight excluding hydrogens is 389 g/mol. The lowest BCUT2D eigenvalue weighted by Crippen LogP contribution is -2.47. The molecule has 3 unspecified atom stereocenters. The highest BCUT2D eigenvalue weighted by Gasteiger charge is 2.41. The first-order valence-electron chi connectivity index (χ1n) is 8.95. The van der Waals surface area contributed by atoms with Crippen LogP contribution in [0.4, 0.5) is 0 Å². The highest BCUT2D eigenvalue weighted by molar-refractivity contribution is 14.0. The highest BCUT2D eigenvalue weighted by atomic mass is 127. The van der Waals surface area contributed by atoms with Crippen molar-refractivity contribution < 1.29 is 4.74 Å². The molecule has 2 aliphatic heterocycles. The van der Waals surface area contributed by atoms with Gasteiger partial charge in [-0.25, -0.2) is 0 Å². The van der Waals surface area contributed by atoms with Gasteiger partial charge in [-0.2, -0.15) is 0 Å². The minimum Gasteiger partial charge on any atom is -0.373 e. The van der Waals surface area contributed by atoms with Crippen LogP contribution in [-0.4, -0.2) is 37.3 Å². The standard InChI is InChI=1S/C17H31N3O.HI/c1-3-17(9-5-6-10-17)12-19-16(18-4-2)20-14-11-13-7-8-15(14)21-13;/h13-15H,3-12H2,1-2H3,(H2,18,19,20);1H. The maximum Gasteiger partial charge on any atom is 0.191 e. The molecule has 0 amide bonds. The first-order valence-corrected chi connectivity index (χ1v) is 8.95. The lowest BCUT2D eigenvalue weighted by Gasteiger charge is -2.27. The van der Waals surface area contributed by atoms with Crippen molar-refractivity contribution >= 4 is 29.9 Å². The molecular formula is C17H32IN3O. The number of ether oxygens (including phenoxy) is 1. The van der Waals surface area contributed by atoms with E-state index in [-0.39, 0.29) is 24.0 Å². The van der Waals surface area contributed by atoms with Gasteiger partial charge in [-0.1, -0.05) is 19.8 Å². The molecule has 128 valence electrons. The summed E-state index contributed by atoms with van der Waals surface area (Å²) in [7, 11) is 0. The van der Waals surface area contributed by atoms with Crippen molar-refractivity contribution in [1.29, 1.82) is 0 Å². The van der Waals surface area contributed by atoms with E-state index in [1.807, 2.05) is 0 Å². The fourth-order valence-electron chi connectivity index (χ4n) is 4.28. The smallest absolute Gasteiger partial charge is 0.191 e. The maximum absolute atomic E-state index is 5.94. The predicted octanol–water partition coefficient (Wildman–Crippen LogP) is 3.45. The van der Waals surface area contributed by atoms with Crippen LogP contribution in [0.3, 0.4) is 0 Å². The molecule has 3 atom stereocenters. The minimum absolute atomic E-state index is 0. The second kappa shape index (κ2) is 8.18. The number of hydrogen-bond acceptors (Lipinski definition) is 2. The van der Waals surface area contributed by atoms with E-state index in [0.717, 1.165) is 25.5 Å². The summed E-state index contributed by atoms with van der Waals surface area (Å²) in [4.78, 5) is 4.92. The van der Waals surface area contributed by atoms with E-state index in [0.29, 0.717) is 23.7 Å². The van der Waals surface area contributed by atoms with E-state index in [4.69, 9.17) is 9.73 Å². The van der Waals surface area contributed by atoms with Gasteiger partial charge in [0.15, 0.2) is 5.96 Å². The van der Waals surface area contributed by atoms with Gasteiger partial charge < -0.3 is 15.4 Å². The number of rotatable bonds is 5. The molecule has 1 saturated carbocycles. The van der Waals surface area contributed by atoms with Crippen molar-refractivity contribution in [3.63, 3.8) is 0 Å². The predicted molar refractivity (Wildman–Crippen MR) is 102 cm³/mol. The van der Waals surface area contributed by atoms with Gasteiger partial charge in [-0.05, 0) is 50.9 Å². The van der Waals surface area contributed by atoms with Crippen LogP contribution in [0.15, 0.2) is 4.99 Å². The lowest BCUT2D eigenvalue weighted by atomic mass is 9.83. The Hall–Kier alpha value is -0.0400. The van der Waals surface area contributed by atoms with Crippen LogP contribution in [0.25, 0.3) is 0 Å². The van der Waals surface area contributed by atoms with Crippen molar-refractivity contribution in [2.24, 2.45) is 10.4 Å². The molecule has 0 aromatic carbocycles. The van der Waals surface area contributed by atoms with Gasteiger partial charge in [0.05, 0.1) is 18.2 Å². The highest BCUT2D eigenvalue weighted by Crippen LogP contribution is 2.41. The van der Waals surface area contributed by atoms with Crippen LogP contribution in [0.5, 0.6) is 0 Å². The van der Waals surface area contributed by atoms with Crippen LogP contribution in [0, 0.1) is 5.41 Å². The summed E-state index contributed by atoms with van der Waals surface area (Å²) in [6.45, 7) is 6.36. The minimum atomic E-state index is 0. The second-order valence-corrected chi connectivity index (χ2v) is 7.12. The quantitative estimate of drug-likeness (QED) is 0.406. The summed E-state index contributed by atoms with van der Waals surface area (Å²) in [6.07, 6.45) is 11.2. The van der Waals surface area contributed by atoms with Gasteiger partial charge in [-0.15, -0.1) is 24.0 Å². The van der Waals surface area contributed by atoms with E-state index in [9.17, 15) is 0 Å². The number of hydrogen-bond donors (Lipinski definition) is 2. The van der Waals surface area contributed by atoms with Gasteiger partial charge in [0.2, 0.25) is 0 Å². The number of halogens is 1. The second-order valence-electron chi connectivity index (χ2n) is 7.12. The zero-order valence-electron chi connectivity index (χ0n) is 14.1. The molecule has 22 heavy (non-hydrogen) atoms. The number of nitrogens with zero attached hydrogens (tertiary/aromatic N) is 1. The Kier molecular flexibility index (Phi) is 6.80. The number of nitrogens with one attached hydrogen (secondary N) is 2. The monoisotopic (exact) mass is 421 g/mol. The van der Waals surface area contributed by atoms with Crippen LogP contribution in [0.1, 0.15) is 65.2 Å². The average Bonchev–Trinajstić information content (AvgIpc) is 3.22. The molecule has 2 N–H and O–H groups in total. The van der Waals surface area contributed by atoms with E-state index < -0.39 is 0 Å². The van der Waals surface area contributed by atoms with Crippen LogP contribution >= 0.6 is 24.0 Å². The summed E-state index contributed by atoms with van der Waals surface area (Å²) in [5.74, 6) is 0.998. The fourth-order valence-corrected chi connectivity index (χ4v) is 4.28. The molecule has 5 heteroatoms. The van der Waals surface area contributed by atoms with Gasteiger partial charge in [0, 0.05) is 13.1 Å². The SMILES string of the molecule is CCNC(=NCC1(CC)CCCC1)NC1CC2CCC1O2.I. The topological polar surface area (TPSA) is 45.7 Å². The zero-order chi connectivity index (χ0) is 14.7. The van der Waals surface area contributed by atoms with E-state index in [1.54, 1.807) is 0 Å². The van der Waals surface area contributed by atoms with Gasteiger partial charge in [-0.3, -0.25) is 4.99 Å². The third-order valence-electron chi connectivity index (χ3n) is 5.76. The average molecular weight is 421 g/mol. The molecule has 0 aromatic heterocycles. The number of guanidine groups is 1. The first kappa shape index (κ1) is 18.3.